The minimum atomic E-state index is 0.661. The van der Waals surface area contributed by atoms with Gasteiger partial charge in [-0.2, -0.15) is 0 Å². The van der Waals surface area contributed by atoms with E-state index in [1.165, 1.54) is 4.70 Å². The quantitative estimate of drug-likeness (QED) is 0.184. The van der Waals surface area contributed by atoms with E-state index in [1.54, 1.807) is 11.3 Å². The Bertz CT molecular complexity index is 2810. The van der Waals surface area contributed by atoms with Crippen molar-refractivity contribution in [2.75, 3.05) is 0 Å². The zero-order valence-corrected chi connectivity index (χ0v) is 27.4. The summed E-state index contributed by atoms with van der Waals surface area (Å²) in [7, 11) is 0. The molecule has 0 saturated heterocycles. The molecule has 0 amide bonds. The number of aromatic nitrogens is 4. The van der Waals surface area contributed by atoms with E-state index in [2.05, 4.69) is 91.0 Å². The van der Waals surface area contributed by atoms with Crippen LogP contribution in [0.15, 0.2) is 162 Å². The molecule has 6 heteroatoms. The molecule has 4 heterocycles. The van der Waals surface area contributed by atoms with E-state index in [4.69, 9.17) is 24.4 Å². The Hall–Kier alpha value is -6.50. The first-order chi connectivity index (χ1) is 24.8. The van der Waals surface area contributed by atoms with Crippen LogP contribution < -0.4 is 0 Å². The Balaban J connectivity index is 1.21. The fraction of sp³-hybridized carbons (Fsp3) is 0. The van der Waals surface area contributed by atoms with Gasteiger partial charge in [-0.05, 0) is 24.3 Å². The molecule has 6 aromatic carbocycles. The topological polar surface area (TPSA) is 64.7 Å². The second kappa shape index (κ2) is 11.6. The SMILES string of the molecule is c1ccc(-c2cc(-c3cccc4c3oc3cccc(-c5nc(-c6ccccc6)c6sc7ccccc7c6n5)c34)nc(-c3ccccc3)n2)cc1. The summed E-state index contributed by atoms with van der Waals surface area (Å²) in [5.41, 5.74) is 9.91. The largest absolute Gasteiger partial charge is 0.455 e. The molecular weight excluding hydrogens is 633 g/mol. The Kier molecular flexibility index (Phi) is 6.60. The van der Waals surface area contributed by atoms with E-state index < -0.39 is 0 Å². The average molecular weight is 659 g/mol. The van der Waals surface area contributed by atoms with Crippen molar-refractivity contribution in [3.05, 3.63) is 158 Å². The highest BCUT2D eigenvalue weighted by atomic mass is 32.1. The molecule has 0 radical (unpaired) electrons. The number of furan rings is 1. The van der Waals surface area contributed by atoms with Crippen molar-refractivity contribution in [3.63, 3.8) is 0 Å². The molecule has 50 heavy (non-hydrogen) atoms. The van der Waals surface area contributed by atoms with Crippen molar-refractivity contribution >= 4 is 53.6 Å². The van der Waals surface area contributed by atoms with Gasteiger partial charge in [0.05, 0.1) is 27.3 Å². The zero-order chi connectivity index (χ0) is 33.0. The molecule has 0 aliphatic carbocycles. The summed E-state index contributed by atoms with van der Waals surface area (Å²) in [6, 6.07) is 53.6. The van der Waals surface area contributed by atoms with Crippen LogP contribution in [-0.4, -0.2) is 19.9 Å². The third-order valence-electron chi connectivity index (χ3n) is 9.13. The fourth-order valence-electron chi connectivity index (χ4n) is 6.80. The maximum atomic E-state index is 6.74. The predicted molar refractivity (Wildman–Crippen MR) is 205 cm³/mol. The highest BCUT2D eigenvalue weighted by molar-refractivity contribution is 7.26. The van der Waals surface area contributed by atoms with Crippen LogP contribution >= 0.6 is 11.3 Å². The Labute approximate surface area is 291 Å². The van der Waals surface area contributed by atoms with Crippen molar-refractivity contribution in [2.24, 2.45) is 0 Å². The van der Waals surface area contributed by atoms with E-state index in [-0.39, 0.29) is 0 Å². The number of para-hydroxylation sites is 1. The summed E-state index contributed by atoms with van der Waals surface area (Å²) in [5, 5.41) is 3.09. The Morgan fingerprint density at radius 2 is 1.10 bits per heavy atom. The minimum absolute atomic E-state index is 0.661. The van der Waals surface area contributed by atoms with Gasteiger partial charge in [0, 0.05) is 48.7 Å². The van der Waals surface area contributed by atoms with Gasteiger partial charge in [-0.1, -0.05) is 133 Å². The first kappa shape index (κ1) is 28.5. The number of fused-ring (bicyclic) bond motifs is 6. The molecule has 0 N–H and O–H groups in total. The summed E-state index contributed by atoms with van der Waals surface area (Å²) in [5.74, 6) is 1.33. The summed E-state index contributed by atoms with van der Waals surface area (Å²) < 4.78 is 9.01. The third kappa shape index (κ3) is 4.69. The van der Waals surface area contributed by atoms with Gasteiger partial charge >= 0.3 is 0 Å². The first-order valence-electron chi connectivity index (χ1n) is 16.5. The third-order valence-corrected chi connectivity index (χ3v) is 10.3. The summed E-state index contributed by atoms with van der Waals surface area (Å²) in [6.07, 6.45) is 0. The van der Waals surface area contributed by atoms with Crippen molar-refractivity contribution < 1.29 is 4.42 Å². The van der Waals surface area contributed by atoms with Gasteiger partial charge in [0.1, 0.15) is 11.2 Å². The molecular formula is C44H26N4OS. The highest BCUT2D eigenvalue weighted by Gasteiger charge is 2.22. The van der Waals surface area contributed by atoms with Gasteiger partial charge < -0.3 is 4.42 Å². The predicted octanol–water partition coefficient (Wildman–Crippen LogP) is 11.9. The molecule has 10 aromatic rings. The van der Waals surface area contributed by atoms with E-state index in [1.807, 2.05) is 66.7 Å². The van der Waals surface area contributed by atoms with Crippen LogP contribution in [0.5, 0.6) is 0 Å². The van der Waals surface area contributed by atoms with Crippen LogP contribution in [0, 0.1) is 0 Å². The number of hydrogen-bond donors (Lipinski definition) is 0. The lowest BCUT2D eigenvalue weighted by molar-refractivity contribution is 0.670. The lowest BCUT2D eigenvalue weighted by atomic mass is 10.0. The molecule has 0 aliphatic heterocycles. The number of nitrogens with zero attached hydrogens (tertiary/aromatic N) is 4. The van der Waals surface area contributed by atoms with Crippen molar-refractivity contribution in [3.8, 4) is 56.5 Å². The monoisotopic (exact) mass is 658 g/mol. The van der Waals surface area contributed by atoms with Crippen LogP contribution in [0.4, 0.5) is 0 Å². The van der Waals surface area contributed by atoms with Crippen LogP contribution in [0.25, 0.3) is 98.8 Å². The molecule has 4 aromatic heterocycles. The fourth-order valence-corrected chi connectivity index (χ4v) is 7.95. The maximum Gasteiger partial charge on any atom is 0.161 e. The van der Waals surface area contributed by atoms with Crippen molar-refractivity contribution in [1.82, 2.24) is 19.9 Å². The lowest BCUT2D eigenvalue weighted by Gasteiger charge is -2.10. The number of rotatable bonds is 5. The molecule has 5 nitrogen and oxygen atoms in total. The first-order valence-corrected chi connectivity index (χ1v) is 17.3. The molecule has 0 atom stereocenters. The maximum absolute atomic E-state index is 6.74. The van der Waals surface area contributed by atoms with E-state index in [9.17, 15) is 0 Å². The second-order valence-corrected chi connectivity index (χ2v) is 13.2. The molecule has 234 valence electrons. The van der Waals surface area contributed by atoms with Gasteiger partial charge in [-0.25, -0.2) is 19.9 Å². The minimum Gasteiger partial charge on any atom is -0.455 e. The smallest absolute Gasteiger partial charge is 0.161 e. The molecule has 0 spiro atoms. The van der Waals surface area contributed by atoms with Gasteiger partial charge in [-0.15, -0.1) is 11.3 Å². The highest BCUT2D eigenvalue weighted by Crippen LogP contribution is 2.43. The van der Waals surface area contributed by atoms with Gasteiger partial charge in [0.15, 0.2) is 11.6 Å². The Morgan fingerprint density at radius 1 is 0.460 bits per heavy atom. The van der Waals surface area contributed by atoms with Gasteiger partial charge in [-0.3, -0.25) is 0 Å². The van der Waals surface area contributed by atoms with Crippen LogP contribution in [-0.2, 0) is 0 Å². The summed E-state index contributed by atoms with van der Waals surface area (Å²) in [6.45, 7) is 0. The zero-order valence-electron chi connectivity index (χ0n) is 26.6. The van der Waals surface area contributed by atoms with Crippen LogP contribution in [0.1, 0.15) is 0 Å². The lowest BCUT2D eigenvalue weighted by Crippen LogP contribution is -1.96. The van der Waals surface area contributed by atoms with Crippen LogP contribution in [0.2, 0.25) is 0 Å². The molecule has 10 rings (SSSR count). The second-order valence-electron chi connectivity index (χ2n) is 12.2. The molecule has 0 unspecified atom stereocenters. The van der Waals surface area contributed by atoms with Crippen LogP contribution in [0.3, 0.4) is 0 Å². The van der Waals surface area contributed by atoms with Crippen molar-refractivity contribution in [2.45, 2.75) is 0 Å². The standard InChI is InChI=1S/C44H26N4OS/c1-4-14-27(15-5-1)34-26-35(46-43(45-34)29-18-8-3-9-19-29)30-21-12-22-32-38-33(23-13-24-36(38)49-41(30)32)44-47-39(28-16-6-2-7-17-28)42-40(48-44)31-20-10-11-25-37(31)50-42/h1-26H. The number of benzene rings is 6. The molecule has 0 fully saturated rings. The van der Waals surface area contributed by atoms with E-state index >= 15 is 0 Å². The van der Waals surface area contributed by atoms with Gasteiger partial charge in [0.25, 0.3) is 0 Å². The number of thiophene rings is 1. The normalized spacial score (nSPS) is 11.6. The van der Waals surface area contributed by atoms with Crippen molar-refractivity contribution in [1.29, 1.82) is 0 Å². The number of hydrogen-bond acceptors (Lipinski definition) is 6. The summed E-state index contributed by atoms with van der Waals surface area (Å²) in [4.78, 5) is 20.6. The molecule has 0 aliphatic rings. The Morgan fingerprint density at radius 3 is 1.90 bits per heavy atom. The van der Waals surface area contributed by atoms with E-state index in [0.29, 0.717) is 11.6 Å². The molecule has 0 bridgehead atoms. The van der Waals surface area contributed by atoms with Gasteiger partial charge in [0.2, 0.25) is 0 Å². The molecule has 0 saturated carbocycles. The summed E-state index contributed by atoms with van der Waals surface area (Å²) >= 11 is 1.74. The average Bonchev–Trinajstić information content (AvgIpc) is 3.77. The van der Waals surface area contributed by atoms with E-state index in [0.717, 1.165) is 82.4 Å².